The van der Waals surface area contributed by atoms with Crippen LogP contribution in [0.5, 0.6) is 11.5 Å². The number of hydrogen-bond acceptors (Lipinski definition) is 3. The van der Waals surface area contributed by atoms with Crippen molar-refractivity contribution in [3.8, 4) is 34.1 Å². The van der Waals surface area contributed by atoms with E-state index in [2.05, 4.69) is 57.1 Å². The normalized spacial score (nSPS) is 10.7. The van der Waals surface area contributed by atoms with Crippen molar-refractivity contribution >= 4 is 21.8 Å². The summed E-state index contributed by atoms with van der Waals surface area (Å²) < 4.78 is 10.1. The third-order valence-corrected chi connectivity index (χ3v) is 6.20. The number of benzene rings is 4. The van der Waals surface area contributed by atoms with Crippen molar-refractivity contribution in [2.45, 2.75) is 0 Å². The molecule has 0 aliphatic rings. The molecule has 4 aromatic carbocycles. The molecule has 0 bridgehead atoms. The molecule has 0 unspecified atom stereocenters. The van der Waals surface area contributed by atoms with Crippen molar-refractivity contribution in [1.29, 1.82) is 0 Å². The van der Waals surface area contributed by atoms with Gasteiger partial charge in [-0.15, -0.1) is 41.8 Å². The van der Waals surface area contributed by atoms with Gasteiger partial charge in [0.25, 0.3) is 0 Å². The number of para-hydroxylation sites is 1. The van der Waals surface area contributed by atoms with Crippen LogP contribution < -0.4 is 4.74 Å². The molecule has 7 rings (SSSR count). The standard InChI is InChI=1S/C32H18N4O.Pt.Y/c1-2-8-23(9-3-1)24-16-18-33-32(20-24)36-30-13-5-4-12-28(30)29-15-14-27(22-31(29)36)37-26-11-6-10-25(21-26)35-19-7-17-34-35;;/h1-8,10-15,17-20H;;/q-4;+2;. The summed E-state index contributed by atoms with van der Waals surface area (Å²) in [5, 5.41) is 6.47. The van der Waals surface area contributed by atoms with Gasteiger partial charge in [-0.3, -0.25) is 20.8 Å². The second-order valence-corrected chi connectivity index (χ2v) is 8.49. The number of aromatic nitrogens is 4. The van der Waals surface area contributed by atoms with Crippen LogP contribution in [0, 0.1) is 24.3 Å². The quantitative estimate of drug-likeness (QED) is 0.178. The zero-order valence-corrected chi connectivity index (χ0v) is 25.6. The van der Waals surface area contributed by atoms with Crippen molar-refractivity contribution in [3.63, 3.8) is 0 Å². The van der Waals surface area contributed by atoms with Crippen LogP contribution in [0.25, 0.3) is 44.4 Å². The monoisotopic (exact) mass is 758 g/mol. The molecule has 7 aromatic rings. The van der Waals surface area contributed by atoms with E-state index in [1.165, 1.54) is 0 Å². The fourth-order valence-electron chi connectivity index (χ4n) is 4.55. The molecule has 0 spiro atoms. The first-order valence-electron chi connectivity index (χ1n) is 11.8. The van der Waals surface area contributed by atoms with Crippen LogP contribution in [-0.2, 0) is 53.8 Å². The fraction of sp³-hybridized carbons (Fsp3) is 0. The predicted molar refractivity (Wildman–Crippen MR) is 143 cm³/mol. The van der Waals surface area contributed by atoms with E-state index in [0.29, 0.717) is 11.5 Å². The zero-order valence-electron chi connectivity index (χ0n) is 20.5. The fourth-order valence-corrected chi connectivity index (χ4v) is 4.55. The molecule has 0 amide bonds. The van der Waals surface area contributed by atoms with E-state index in [1.807, 2.05) is 79.0 Å². The first-order valence-corrected chi connectivity index (χ1v) is 11.8. The molecule has 0 aliphatic carbocycles. The van der Waals surface area contributed by atoms with Crippen LogP contribution in [-0.4, -0.2) is 19.3 Å². The Hall–Kier alpha value is -3.37. The van der Waals surface area contributed by atoms with Gasteiger partial charge in [-0.05, 0) is 29.4 Å². The first kappa shape index (κ1) is 27.2. The van der Waals surface area contributed by atoms with E-state index in [1.54, 1.807) is 17.1 Å². The minimum atomic E-state index is 0. The first-order chi connectivity index (χ1) is 18.3. The van der Waals surface area contributed by atoms with E-state index in [9.17, 15) is 0 Å². The Kier molecular flexibility index (Phi) is 8.23. The Labute approximate surface area is 265 Å². The third-order valence-electron chi connectivity index (χ3n) is 6.20. The van der Waals surface area contributed by atoms with Gasteiger partial charge in [0.05, 0.1) is 5.82 Å². The van der Waals surface area contributed by atoms with Crippen LogP contribution in [0.2, 0.25) is 0 Å². The molecule has 187 valence electrons. The summed E-state index contributed by atoms with van der Waals surface area (Å²) in [6, 6.07) is 43.1. The molecular weight excluding hydrogens is 740 g/mol. The third kappa shape index (κ3) is 5.27. The maximum absolute atomic E-state index is 6.21. The number of hydrogen-bond donors (Lipinski definition) is 0. The van der Waals surface area contributed by atoms with E-state index in [4.69, 9.17) is 4.74 Å². The van der Waals surface area contributed by atoms with Gasteiger partial charge in [0.2, 0.25) is 0 Å². The summed E-state index contributed by atoms with van der Waals surface area (Å²) in [4.78, 5) is 4.68. The van der Waals surface area contributed by atoms with E-state index < -0.39 is 0 Å². The summed E-state index contributed by atoms with van der Waals surface area (Å²) in [6.45, 7) is 0. The summed E-state index contributed by atoms with van der Waals surface area (Å²) in [5.41, 5.74) is 4.61. The Morgan fingerprint density at radius 3 is 2.46 bits per heavy atom. The van der Waals surface area contributed by atoms with Gasteiger partial charge in [0, 0.05) is 62.1 Å². The van der Waals surface area contributed by atoms with Crippen molar-refractivity contribution in [2.24, 2.45) is 0 Å². The molecule has 7 heteroatoms. The molecule has 1 radical (unpaired) electrons. The summed E-state index contributed by atoms with van der Waals surface area (Å²) in [5.74, 6) is 1.95. The summed E-state index contributed by atoms with van der Waals surface area (Å²) in [6.07, 6.45) is 5.32. The van der Waals surface area contributed by atoms with Gasteiger partial charge in [-0.2, -0.15) is 35.4 Å². The Morgan fingerprint density at radius 1 is 0.744 bits per heavy atom. The number of nitrogens with zero attached hydrogens (tertiary/aromatic N) is 4. The Morgan fingerprint density at radius 2 is 1.62 bits per heavy atom. The van der Waals surface area contributed by atoms with Crippen LogP contribution in [0.1, 0.15) is 0 Å². The van der Waals surface area contributed by atoms with Crippen LogP contribution in [0.3, 0.4) is 0 Å². The average Bonchev–Trinajstić information content (AvgIpc) is 3.61. The maximum atomic E-state index is 6.21. The number of rotatable bonds is 5. The van der Waals surface area contributed by atoms with Crippen molar-refractivity contribution in [3.05, 3.63) is 134 Å². The van der Waals surface area contributed by atoms with Crippen molar-refractivity contribution in [1.82, 2.24) is 19.3 Å². The number of ether oxygens (including phenoxy) is 1. The second-order valence-electron chi connectivity index (χ2n) is 8.49. The van der Waals surface area contributed by atoms with Crippen LogP contribution in [0.4, 0.5) is 0 Å². The molecule has 0 N–H and O–H groups in total. The molecule has 39 heavy (non-hydrogen) atoms. The second kappa shape index (κ2) is 11.8. The predicted octanol–water partition coefficient (Wildman–Crippen LogP) is 7.02. The minimum absolute atomic E-state index is 0. The SMILES string of the molecule is [Pt+2].[Y].[c-]1ccccc1-c1[c-]cnc(-n2c3[c-]c(Oc4[c-]c(-n5cccn5)ccc4)ccc3c3ccccc32)c1. The molecular formula is C32H18N4OPtY-2. The topological polar surface area (TPSA) is 44.9 Å². The average molecular weight is 759 g/mol. The van der Waals surface area contributed by atoms with Crippen molar-refractivity contribution in [2.75, 3.05) is 0 Å². The number of fused-ring (bicyclic) bond motifs is 3. The van der Waals surface area contributed by atoms with Gasteiger partial charge in [-0.1, -0.05) is 23.7 Å². The molecule has 3 aromatic heterocycles. The molecule has 0 aliphatic heterocycles. The van der Waals surface area contributed by atoms with Gasteiger partial charge < -0.3 is 9.30 Å². The van der Waals surface area contributed by atoms with Gasteiger partial charge >= 0.3 is 21.1 Å². The molecule has 0 atom stereocenters. The smallest absolute Gasteiger partial charge is 0.509 e. The van der Waals surface area contributed by atoms with Gasteiger partial charge in [0.1, 0.15) is 0 Å². The van der Waals surface area contributed by atoms with Crippen LogP contribution in [0.15, 0.2) is 110 Å². The molecule has 0 saturated heterocycles. The van der Waals surface area contributed by atoms with E-state index in [-0.39, 0.29) is 53.8 Å². The largest absolute Gasteiger partial charge is 2.00 e. The Bertz CT molecular complexity index is 1870. The maximum Gasteiger partial charge on any atom is 2.00 e. The van der Waals surface area contributed by atoms with Gasteiger partial charge in [0.15, 0.2) is 0 Å². The Balaban J connectivity index is 0.00000154. The zero-order chi connectivity index (χ0) is 24.6. The van der Waals surface area contributed by atoms with Gasteiger partial charge in [-0.25, -0.2) is 18.2 Å². The molecule has 3 heterocycles. The van der Waals surface area contributed by atoms with Crippen molar-refractivity contribution < 1.29 is 58.5 Å². The van der Waals surface area contributed by atoms with E-state index >= 15 is 0 Å². The summed E-state index contributed by atoms with van der Waals surface area (Å²) in [7, 11) is 0. The molecule has 0 saturated carbocycles. The molecule has 5 nitrogen and oxygen atoms in total. The van der Waals surface area contributed by atoms with E-state index in [0.717, 1.165) is 44.4 Å². The minimum Gasteiger partial charge on any atom is -0.509 e. The van der Waals surface area contributed by atoms with Crippen LogP contribution >= 0.6 is 0 Å². The molecule has 0 fully saturated rings. The summed E-state index contributed by atoms with van der Waals surface area (Å²) >= 11 is 0. The number of pyridine rings is 1.